The number of carbonyl (C=O) groups excluding carboxylic acids is 1. The molecule has 0 radical (unpaired) electrons. The van der Waals surface area contributed by atoms with Crippen LogP contribution in [0.1, 0.15) is 20.8 Å². The first-order valence-corrected chi connectivity index (χ1v) is 8.73. The van der Waals surface area contributed by atoms with E-state index in [2.05, 4.69) is 47.8 Å². The van der Waals surface area contributed by atoms with Crippen molar-refractivity contribution in [2.75, 3.05) is 0 Å². The normalized spacial score (nSPS) is 11.6. The molecule has 1 heterocycles. The van der Waals surface area contributed by atoms with Gasteiger partial charge in [0.2, 0.25) is 0 Å². The predicted molar refractivity (Wildman–Crippen MR) is 94.6 cm³/mol. The number of halogens is 4. The van der Waals surface area contributed by atoms with E-state index >= 15 is 0 Å². The topological polar surface area (TPSA) is 31.2 Å². The Labute approximate surface area is 153 Å². The number of carbonyl (C=O) groups is 1. The largest absolute Gasteiger partial charge is 0.443 e. The third kappa shape index (κ3) is 3.81. The number of hydrogen-bond donors (Lipinski definition) is 0. The summed E-state index contributed by atoms with van der Waals surface area (Å²) in [6.07, 6.45) is 1.06. The van der Waals surface area contributed by atoms with Gasteiger partial charge in [-0.15, -0.1) is 0 Å². The average Bonchev–Trinajstić information content (AvgIpc) is 2.74. The second-order valence-corrected chi connectivity index (χ2v) is 8.18. The number of rotatable bonds is 1. The van der Waals surface area contributed by atoms with Gasteiger partial charge in [-0.2, -0.15) is 0 Å². The molecule has 0 saturated heterocycles. The van der Waals surface area contributed by atoms with Crippen molar-refractivity contribution in [3.05, 3.63) is 43.6 Å². The SMILES string of the molecule is CC(C)(C)OC(=O)n1cc(Br)cc1-c1c(Br)ccc(F)c1Br. The fraction of sp³-hybridized carbons (Fsp3) is 0.267. The molecule has 0 fully saturated rings. The highest BCUT2D eigenvalue weighted by atomic mass is 79.9. The van der Waals surface area contributed by atoms with Gasteiger partial charge in [-0.05, 0) is 70.8 Å². The Hall–Kier alpha value is -0.660. The van der Waals surface area contributed by atoms with Crippen LogP contribution < -0.4 is 0 Å². The quantitative estimate of drug-likeness (QED) is 0.429. The summed E-state index contributed by atoms with van der Waals surface area (Å²) in [5.41, 5.74) is 0.428. The third-order valence-electron chi connectivity index (χ3n) is 2.68. The van der Waals surface area contributed by atoms with Crippen LogP contribution >= 0.6 is 47.8 Å². The van der Waals surface area contributed by atoms with Crippen molar-refractivity contribution in [3.8, 4) is 11.3 Å². The molecule has 0 spiro atoms. The molecule has 2 aromatic rings. The number of nitrogens with zero attached hydrogens (tertiary/aromatic N) is 1. The van der Waals surface area contributed by atoms with Crippen molar-refractivity contribution >= 4 is 53.9 Å². The Morgan fingerprint density at radius 1 is 1.23 bits per heavy atom. The molecule has 0 aliphatic carbocycles. The molecule has 0 aliphatic heterocycles. The molecule has 22 heavy (non-hydrogen) atoms. The first-order chi connectivity index (χ1) is 10.1. The van der Waals surface area contributed by atoms with Gasteiger partial charge in [-0.1, -0.05) is 15.9 Å². The molecular weight excluding hydrogens is 485 g/mol. The monoisotopic (exact) mass is 495 g/mol. The lowest BCUT2D eigenvalue weighted by Gasteiger charge is -2.21. The zero-order valence-corrected chi connectivity index (χ0v) is 16.8. The van der Waals surface area contributed by atoms with E-state index in [-0.39, 0.29) is 4.47 Å². The summed E-state index contributed by atoms with van der Waals surface area (Å²) in [7, 11) is 0. The second-order valence-electron chi connectivity index (χ2n) is 5.61. The highest BCUT2D eigenvalue weighted by molar-refractivity contribution is 9.11. The number of hydrogen-bond acceptors (Lipinski definition) is 2. The molecule has 118 valence electrons. The van der Waals surface area contributed by atoms with Crippen molar-refractivity contribution < 1.29 is 13.9 Å². The lowest BCUT2D eigenvalue weighted by molar-refractivity contribution is 0.0540. The van der Waals surface area contributed by atoms with Gasteiger partial charge in [0.25, 0.3) is 0 Å². The molecule has 0 bridgehead atoms. The Balaban J connectivity index is 2.59. The van der Waals surface area contributed by atoms with Crippen LogP contribution in [0, 0.1) is 5.82 Å². The van der Waals surface area contributed by atoms with Crippen LogP contribution in [0.3, 0.4) is 0 Å². The molecule has 0 amide bonds. The van der Waals surface area contributed by atoms with E-state index in [0.717, 1.165) is 0 Å². The van der Waals surface area contributed by atoms with Gasteiger partial charge in [0.1, 0.15) is 11.4 Å². The minimum absolute atomic E-state index is 0.275. The summed E-state index contributed by atoms with van der Waals surface area (Å²) in [5.74, 6) is -0.411. The van der Waals surface area contributed by atoms with Crippen LogP contribution in [-0.4, -0.2) is 16.3 Å². The smallest absolute Gasteiger partial charge is 0.419 e. The summed E-state index contributed by atoms with van der Waals surface area (Å²) in [4.78, 5) is 12.4. The van der Waals surface area contributed by atoms with E-state index < -0.39 is 17.5 Å². The summed E-state index contributed by atoms with van der Waals surface area (Å²) >= 11 is 9.97. The molecule has 0 aliphatic rings. The van der Waals surface area contributed by atoms with Crippen LogP contribution in [0.25, 0.3) is 11.3 Å². The highest BCUT2D eigenvalue weighted by Gasteiger charge is 2.23. The summed E-state index contributed by atoms with van der Waals surface area (Å²) < 4.78 is 22.2. The van der Waals surface area contributed by atoms with E-state index in [1.165, 1.54) is 10.6 Å². The first-order valence-electron chi connectivity index (χ1n) is 6.35. The molecule has 1 aromatic carbocycles. The van der Waals surface area contributed by atoms with Crippen molar-refractivity contribution in [3.63, 3.8) is 0 Å². The highest BCUT2D eigenvalue weighted by Crippen LogP contribution is 2.38. The third-order valence-corrected chi connectivity index (χ3v) is 4.55. The molecule has 1 aromatic heterocycles. The van der Waals surface area contributed by atoms with Crippen molar-refractivity contribution in [1.29, 1.82) is 0 Å². The van der Waals surface area contributed by atoms with Gasteiger partial charge < -0.3 is 4.74 Å². The predicted octanol–water partition coefficient (Wildman–Crippen LogP) is 6.36. The average molecular weight is 498 g/mol. The lowest BCUT2D eigenvalue weighted by atomic mass is 10.1. The van der Waals surface area contributed by atoms with Crippen LogP contribution in [0.4, 0.5) is 9.18 Å². The Morgan fingerprint density at radius 3 is 2.45 bits per heavy atom. The number of benzene rings is 1. The second kappa shape index (κ2) is 6.45. The minimum Gasteiger partial charge on any atom is -0.443 e. The molecule has 2 rings (SSSR count). The van der Waals surface area contributed by atoms with E-state index in [9.17, 15) is 9.18 Å². The van der Waals surface area contributed by atoms with E-state index in [0.29, 0.717) is 20.2 Å². The Kier molecular flexibility index (Phi) is 5.19. The zero-order chi connectivity index (χ0) is 16.7. The minimum atomic E-state index is -0.624. The Bertz CT molecular complexity index is 735. The fourth-order valence-corrected chi connectivity index (χ4v) is 3.62. The number of aromatic nitrogens is 1. The molecule has 0 saturated carbocycles. The van der Waals surface area contributed by atoms with Crippen LogP contribution in [0.15, 0.2) is 37.8 Å². The molecule has 3 nitrogen and oxygen atoms in total. The molecule has 0 N–H and O–H groups in total. The fourth-order valence-electron chi connectivity index (χ4n) is 1.85. The molecule has 7 heteroatoms. The van der Waals surface area contributed by atoms with Crippen molar-refractivity contribution in [2.24, 2.45) is 0 Å². The van der Waals surface area contributed by atoms with Crippen LogP contribution in [-0.2, 0) is 4.74 Å². The Morgan fingerprint density at radius 2 is 1.86 bits per heavy atom. The van der Waals surface area contributed by atoms with Gasteiger partial charge >= 0.3 is 6.09 Å². The van der Waals surface area contributed by atoms with Gasteiger partial charge in [-0.25, -0.2) is 9.18 Å². The molecular formula is C15H13Br3FNO2. The van der Waals surface area contributed by atoms with Crippen molar-refractivity contribution in [1.82, 2.24) is 4.57 Å². The first kappa shape index (κ1) is 17.7. The maximum Gasteiger partial charge on any atom is 0.419 e. The summed E-state index contributed by atoms with van der Waals surface area (Å²) in [5, 5.41) is 0. The summed E-state index contributed by atoms with van der Waals surface area (Å²) in [6.45, 7) is 5.37. The van der Waals surface area contributed by atoms with Gasteiger partial charge in [0.15, 0.2) is 0 Å². The van der Waals surface area contributed by atoms with E-state index in [1.807, 2.05) is 0 Å². The van der Waals surface area contributed by atoms with E-state index in [4.69, 9.17) is 4.74 Å². The lowest BCUT2D eigenvalue weighted by Crippen LogP contribution is -2.27. The molecule has 0 unspecified atom stereocenters. The maximum absolute atomic E-state index is 13.9. The van der Waals surface area contributed by atoms with Gasteiger partial charge in [0, 0.05) is 20.7 Å². The van der Waals surface area contributed by atoms with E-state index in [1.54, 1.807) is 39.1 Å². The van der Waals surface area contributed by atoms with Crippen LogP contribution in [0.2, 0.25) is 0 Å². The van der Waals surface area contributed by atoms with Crippen molar-refractivity contribution in [2.45, 2.75) is 26.4 Å². The number of ether oxygens (including phenoxy) is 1. The van der Waals surface area contributed by atoms with Gasteiger partial charge in [-0.3, -0.25) is 4.57 Å². The van der Waals surface area contributed by atoms with Gasteiger partial charge in [0.05, 0.1) is 10.2 Å². The standard InChI is InChI=1S/C15H13Br3FNO2/c1-15(2,3)22-14(21)20-7-8(16)6-11(20)12-9(17)4-5-10(19)13(12)18/h4-7H,1-3H3. The summed E-state index contributed by atoms with van der Waals surface area (Å²) in [6, 6.07) is 4.66. The maximum atomic E-state index is 13.9. The zero-order valence-electron chi connectivity index (χ0n) is 12.1. The van der Waals surface area contributed by atoms with Crippen LogP contribution in [0.5, 0.6) is 0 Å². The molecule has 0 atom stereocenters.